The van der Waals surface area contributed by atoms with Gasteiger partial charge in [-0.1, -0.05) is 18.2 Å². The van der Waals surface area contributed by atoms with E-state index in [1.54, 1.807) is 6.33 Å². The number of carbonyl (C=O) groups excluding carboxylic acids is 1. The number of rotatable bonds is 3. The van der Waals surface area contributed by atoms with Crippen LogP contribution in [0.2, 0.25) is 0 Å². The second-order valence-corrected chi connectivity index (χ2v) is 6.82. The Labute approximate surface area is 147 Å². The zero-order chi connectivity index (χ0) is 17.2. The molecule has 2 aromatic rings. The van der Waals surface area contributed by atoms with Crippen LogP contribution < -0.4 is 10.1 Å². The van der Waals surface area contributed by atoms with E-state index in [0.29, 0.717) is 13.1 Å². The van der Waals surface area contributed by atoms with Crippen LogP contribution in [0.3, 0.4) is 0 Å². The summed E-state index contributed by atoms with van der Waals surface area (Å²) >= 11 is 0. The maximum Gasteiger partial charge on any atom is 0.317 e. The van der Waals surface area contributed by atoms with Crippen molar-refractivity contribution in [3.05, 3.63) is 42.0 Å². The molecule has 0 radical (unpaired) electrons. The topological polar surface area (TPSA) is 72.3 Å². The number of likely N-dealkylation sites (tertiary alicyclic amines) is 1. The lowest BCUT2D eigenvalue weighted by Gasteiger charge is -2.32. The van der Waals surface area contributed by atoms with Crippen molar-refractivity contribution < 1.29 is 9.53 Å². The molecule has 2 amide bonds. The molecular weight excluding hydrogens is 318 g/mol. The SMILES string of the molecule is Cn1cnnc1[C@@H]1CCCN(C(=O)NC[C@@H]2Cc3ccccc3O2)C1. The summed E-state index contributed by atoms with van der Waals surface area (Å²) in [5, 5.41) is 11.2. The van der Waals surface area contributed by atoms with Gasteiger partial charge in [-0.25, -0.2) is 4.79 Å². The minimum absolute atomic E-state index is 0.0145. The van der Waals surface area contributed by atoms with Crippen molar-refractivity contribution in [2.24, 2.45) is 7.05 Å². The summed E-state index contributed by atoms with van der Waals surface area (Å²) < 4.78 is 7.83. The molecule has 1 fully saturated rings. The van der Waals surface area contributed by atoms with Crippen LogP contribution in [0.25, 0.3) is 0 Å². The molecule has 25 heavy (non-hydrogen) atoms. The van der Waals surface area contributed by atoms with E-state index in [4.69, 9.17) is 4.74 Å². The fourth-order valence-electron chi connectivity index (χ4n) is 3.71. The lowest BCUT2D eigenvalue weighted by Crippen LogP contribution is -2.47. The number of piperidine rings is 1. The molecule has 4 rings (SSSR count). The fourth-order valence-corrected chi connectivity index (χ4v) is 3.71. The fraction of sp³-hybridized carbons (Fsp3) is 0.500. The van der Waals surface area contributed by atoms with Gasteiger partial charge in [0.1, 0.15) is 24.0 Å². The number of carbonyl (C=O) groups is 1. The van der Waals surface area contributed by atoms with Gasteiger partial charge in [-0.05, 0) is 24.5 Å². The van der Waals surface area contributed by atoms with E-state index in [0.717, 1.165) is 37.4 Å². The number of nitrogens with one attached hydrogen (secondary N) is 1. The number of benzene rings is 1. The number of aryl methyl sites for hydroxylation is 1. The number of ether oxygens (including phenoxy) is 1. The number of fused-ring (bicyclic) bond motifs is 1. The highest BCUT2D eigenvalue weighted by Crippen LogP contribution is 2.28. The summed E-state index contributed by atoms with van der Waals surface area (Å²) in [6, 6.07) is 8.02. The lowest BCUT2D eigenvalue weighted by molar-refractivity contribution is 0.168. The first-order valence-electron chi connectivity index (χ1n) is 8.82. The number of amides is 2. The Hall–Kier alpha value is -2.57. The Balaban J connectivity index is 1.30. The smallest absolute Gasteiger partial charge is 0.317 e. The molecule has 0 unspecified atom stereocenters. The van der Waals surface area contributed by atoms with Crippen molar-refractivity contribution in [1.29, 1.82) is 0 Å². The zero-order valence-electron chi connectivity index (χ0n) is 14.4. The Morgan fingerprint density at radius 1 is 1.40 bits per heavy atom. The summed E-state index contributed by atoms with van der Waals surface area (Å²) in [6.45, 7) is 1.99. The summed E-state index contributed by atoms with van der Waals surface area (Å²) in [5.74, 6) is 2.13. The first-order valence-corrected chi connectivity index (χ1v) is 8.82. The second kappa shape index (κ2) is 6.74. The number of nitrogens with zero attached hydrogens (tertiary/aromatic N) is 4. The first-order chi connectivity index (χ1) is 12.2. The van der Waals surface area contributed by atoms with Crippen molar-refractivity contribution in [2.75, 3.05) is 19.6 Å². The van der Waals surface area contributed by atoms with E-state index < -0.39 is 0 Å². The van der Waals surface area contributed by atoms with Gasteiger partial charge in [0.15, 0.2) is 0 Å². The molecule has 1 aromatic carbocycles. The van der Waals surface area contributed by atoms with Crippen LogP contribution in [0.5, 0.6) is 5.75 Å². The molecule has 1 saturated heterocycles. The summed E-state index contributed by atoms with van der Waals surface area (Å²) in [5.41, 5.74) is 1.21. The van der Waals surface area contributed by atoms with Crippen molar-refractivity contribution in [1.82, 2.24) is 25.0 Å². The highest BCUT2D eigenvalue weighted by Gasteiger charge is 2.28. The van der Waals surface area contributed by atoms with Gasteiger partial charge >= 0.3 is 6.03 Å². The van der Waals surface area contributed by atoms with Crippen LogP contribution in [-0.2, 0) is 13.5 Å². The van der Waals surface area contributed by atoms with E-state index in [1.807, 2.05) is 34.7 Å². The molecule has 0 spiro atoms. The van der Waals surface area contributed by atoms with E-state index in [1.165, 1.54) is 5.56 Å². The van der Waals surface area contributed by atoms with Crippen LogP contribution in [0.4, 0.5) is 4.79 Å². The van der Waals surface area contributed by atoms with E-state index in [2.05, 4.69) is 21.6 Å². The van der Waals surface area contributed by atoms with Gasteiger partial charge in [0.25, 0.3) is 0 Å². The number of para-hydroxylation sites is 1. The number of hydrogen-bond acceptors (Lipinski definition) is 4. The van der Waals surface area contributed by atoms with Gasteiger partial charge in [0, 0.05) is 32.5 Å². The van der Waals surface area contributed by atoms with Crippen molar-refractivity contribution in [3.63, 3.8) is 0 Å². The molecular formula is C18H23N5O2. The average Bonchev–Trinajstić information content (AvgIpc) is 3.25. The Kier molecular flexibility index (Phi) is 4.29. The van der Waals surface area contributed by atoms with Crippen LogP contribution >= 0.6 is 0 Å². The Morgan fingerprint density at radius 2 is 2.28 bits per heavy atom. The molecule has 132 valence electrons. The van der Waals surface area contributed by atoms with E-state index in [9.17, 15) is 4.79 Å². The molecule has 1 aromatic heterocycles. The van der Waals surface area contributed by atoms with Gasteiger partial charge < -0.3 is 19.5 Å². The molecule has 0 aliphatic carbocycles. The third-order valence-electron chi connectivity index (χ3n) is 5.01. The number of aromatic nitrogens is 3. The highest BCUT2D eigenvalue weighted by molar-refractivity contribution is 5.74. The molecule has 2 aliphatic heterocycles. The highest BCUT2D eigenvalue weighted by atomic mass is 16.5. The van der Waals surface area contributed by atoms with Gasteiger partial charge in [0.2, 0.25) is 0 Å². The van der Waals surface area contributed by atoms with Crippen LogP contribution in [-0.4, -0.2) is 51.4 Å². The average molecular weight is 341 g/mol. The maximum absolute atomic E-state index is 12.5. The summed E-state index contributed by atoms with van der Waals surface area (Å²) in [4.78, 5) is 14.4. The van der Waals surface area contributed by atoms with E-state index >= 15 is 0 Å². The van der Waals surface area contributed by atoms with Crippen LogP contribution in [0.15, 0.2) is 30.6 Å². The Morgan fingerprint density at radius 3 is 3.08 bits per heavy atom. The second-order valence-electron chi connectivity index (χ2n) is 6.82. The summed E-state index contributed by atoms with van der Waals surface area (Å²) in [7, 11) is 1.95. The van der Waals surface area contributed by atoms with E-state index in [-0.39, 0.29) is 18.1 Å². The standard InChI is InChI=1S/C18H23N5O2/c1-22-12-20-21-17(22)14-6-4-8-23(11-14)18(24)19-10-15-9-13-5-2-3-7-16(13)25-15/h2-3,5,7,12,14-15H,4,6,8-11H2,1H3,(H,19,24)/t14-,15+/m1/s1. The van der Waals surface area contributed by atoms with Crippen LogP contribution in [0, 0.1) is 0 Å². The zero-order valence-corrected chi connectivity index (χ0v) is 14.4. The minimum atomic E-state index is -0.0218. The van der Waals surface area contributed by atoms with Crippen molar-refractivity contribution >= 4 is 6.03 Å². The molecule has 3 heterocycles. The number of urea groups is 1. The molecule has 7 nitrogen and oxygen atoms in total. The predicted molar refractivity (Wildman–Crippen MR) is 92.5 cm³/mol. The van der Waals surface area contributed by atoms with Gasteiger partial charge in [0.05, 0.1) is 6.54 Å². The normalized spacial score (nSPS) is 22.4. The van der Waals surface area contributed by atoms with Gasteiger partial charge in [-0.15, -0.1) is 10.2 Å². The van der Waals surface area contributed by atoms with Gasteiger partial charge in [-0.3, -0.25) is 0 Å². The van der Waals surface area contributed by atoms with Crippen molar-refractivity contribution in [3.8, 4) is 5.75 Å². The number of hydrogen-bond donors (Lipinski definition) is 1. The maximum atomic E-state index is 12.5. The Bertz CT molecular complexity index is 734. The van der Waals surface area contributed by atoms with Gasteiger partial charge in [-0.2, -0.15) is 0 Å². The minimum Gasteiger partial charge on any atom is -0.488 e. The quantitative estimate of drug-likeness (QED) is 0.922. The summed E-state index contributed by atoms with van der Waals surface area (Å²) in [6.07, 6.45) is 4.59. The van der Waals surface area contributed by atoms with Crippen molar-refractivity contribution in [2.45, 2.75) is 31.3 Å². The monoisotopic (exact) mass is 341 g/mol. The molecule has 2 atom stereocenters. The molecule has 0 saturated carbocycles. The molecule has 7 heteroatoms. The molecule has 2 aliphatic rings. The molecule has 0 bridgehead atoms. The van der Waals surface area contributed by atoms with Crippen LogP contribution in [0.1, 0.15) is 30.1 Å². The first kappa shape index (κ1) is 15.9. The largest absolute Gasteiger partial charge is 0.488 e. The molecule has 1 N–H and O–H groups in total. The third-order valence-corrected chi connectivity index (χ3v) is 5.01. The predicted octanol–water partition coefficient (Wildman–Crippen LogP) is 1.71. The lowest BCUT2D eigenvalue weighted by atomic mass is 9.97. The third kappa shape index (κ3) is 3.31.